The van der Waals surface area contributed by atoms with Crippen LogP contribution in [0, 0.1) is 0 Å². The van der Waals surface area contributed by atoms with Crippen molar-refractivity contribution in [1.29, 1.82) is 0 Å². The first-order valence-corrected chi connectivity index (χ1v) is 7.14. The van der Waals surface area contributed by atoms with Crippen LogP contribution < -0.4 is 0 Å². The third kappa shape index (κ3) is 2.02. The van der Waals surface area contributed by atoms with Crippen LogP contribution in [-0.2, 0) is 10.1 Å². The van der Waals surface area contributed by atoms with Gasteiger partial charge in [0.05, 0.1) is 5.69 Å². The van der Waals surface area contributed by atoms with Crippen molar-refractivity contribution in [2.45, 2.75) is 4.90 Å². The Hall–Kier alpha value is -2.38. The molecule has 0 aliphatic rings. The number of aromatic nitrogens is 2. The zero-order valence-corrected chi connectivity index (χ0v) is 10.9. The lowest BCUT2D eigenvalue weighted by atomic mass is 10.1. The van der Waals surface area contributed by atoms with E-state index in [1.165, 1.54) is 12.1 Å². The summed E-state index contributed by atoms with van der Waals surface area (Å²) < 4.78 is 32.9. The van der Waals surface area contributed by atoms with Crippen LogP contribution in [-0.4, -0.2) is 27.9 Å². The summed E-state index contributed by atoms with van der Waals surface area (Å²) in [5.41, 5.74) is 0.779. The number of phenolic OH excluding ortho intramolecular Hbond substituents is 1. The lowest BCUT2D eigenvalue weighted by Crippen LogP contribution is -1.99. The minimum Gasteiger partial charge on any atom is -0.506 e. The molecule has 0 aliphatic heterocycles. The van der Waals surface area contributed by atoms with Gasteiger partial charge in [0.2, 0.25) is 0 Å². The van der Waals surface area contributed by atoms with Gasteiger partial charge in [0.1, 0.15) is 10.6 Å². The van der Waals surface area contributed by atoms with E-state index in [-0.39, 0.29) is 0 Å². The summed E-state index contributed by atoms with van der Waals surface area (Å²) in [5.74, 6) is -0.461. The Morgan fingerprint density at radius 1 is 1.15 bits per heavy atom. The van der Waals surface area contributed by atoms with Crippen LogP contribution >= 0.6 is 0 Å². The molecule has 0 fully saturated rings. The normalized spacial score (nSPS) is 11.8. The molecule has 2 aromatic carbocycles. The van der Waals surface area contributed by atoms with Gasteiger partial charge in [-0.1, -0.05) is 6.07 Å². The molecule has 0 atom stereocenters. The minimum atomic E-state index is -4.45. The molecule has 1 aromatic heterocycles. The van der Waals surface area contributed by atoms with E-state index in [2.05, 4.69) is 5.10 Å². The Morgan fingerprint density at radius 2 is 1.95 bits per heavy atom. The smallest absolute Gasteiger partial charge is 0.298 e. The standard InChI is InChI=1S/C13H10N2O4S/c16-13-11-4-3-10(15-7-1-6-14-15)8-9(11)2-5-12(13)20(17,18)19/h1-8,16H,(H,17,18,19). The molecule has 0 aliphatic carbocycles. The number of nitrogens with zero attached hydrogens (tertiary/aromatic N) is 2. The van der Waals surface area contributed by atoms with Crippen molar-refractivity contribution in [3.05, 3.63) is 48.8 Å². The van der Waals surface area contributed by atoms with Gasteiger partial charge >= 0.3 is 0 Å². The first-order valence-electron chi connectivity index (χ1n) is 5.70. The van der Waals surface area contributed by atoms with Crippen LogP contribution in [0.5, 0.6) is 5.75 Å². The van der Waals surface area contributed by atoms with Crippen molar-refractivity contribution in [3.63, 3.8) is 0 Å². The topological polar surface area (TPSA) is 92.4 Å². The minimum absolute atomic E-state index is 0.344. The van der Waals surface area contributed by atoms with E-state index in [1.54, 1.807) is 41.3 Å². The van der Waals surface area contributed by atoms with Gasteiger partial charge in [-0.2, -0.15) is 13.5 Å². The number of fused-ring (bicyclic) bond motifs is 1. The second-order valence-corrected chi connectivity index (χ2v) is 5.63. The Morgan fingerprint density at radius 3 is 2.60 bits per heavy atom. The summed E-state index contributed by atoms with van der Waals surface area (Å²) in [7, 11) is -4.45. The molecule has 7 heteroatoms. The van der Waals surface area contributed by atoms with Crippen molar-refractivity contribution in [1.82, 2.24) is 9.78 Å². The summed E-state index contributed by atoms with van der Waals surface area (Å²) >= 11 is 0. The van der Waals surface area contributed by atoms with Gasteiger partial charge in [0.15, 0.2) is 0 Å². The molecule has 6 nitrogen and oxygen atoms in total. The van der Waals surface area contributed by atoms with E-state index in [0.717, 1.165) is 5.69 Å². The Balaban J connectivity index is 2.24. The maximum atomic E-state index is 11.1. The SMILES string of the molecule is O=S(=O)(O)c1ccc2cc(-n3cccn3)ccc2c1O. The average molecular weight is 290 g/mol. The fourth-order valence-electron chi connectivity index (χ4n) is 2.05. The summed E-state index contributed by atoms with van der Waals surface area (Å²) in [5, 5.41) is 15.0. The highest BCUT2D eigenvalue weighted by Gasteiger charge is 2.17. The van der Waals surface area contributed by atoms with Crippen LogP contribution in [0.15, 0.2) is 53.7 Å². The molecule has 2 N–H and O–H groups in total. The van der Waals surface area contributed by atoms with Crippen molar-refractivity contribution >= 4 is 20.9 Å². The van der Waals surface area contributed by atoms with Gasteiger partial charge in [0.25, 0.3) is 10.1 Å². The van der Waals surface area contributed by atoms with Gasteiger partial charge in [-0.05, 0) is 35.7 Å². The van der Waals surface area contributed by atoms with Crippen molar-refractivity contribution in [3.8, 4) is 11.4 Å². The van der Waals surface area contributed by atoms with Crippen molar-refractivity contribution in [2.24, 2.45) is 0 Å². The largest absolute Gasteiger partial charge is 0.506 e. The first kappa shape index (κ1) is 12.6. The Labute approximate surface area is 114 Å². The van der Waals surface area contributed by atoms with E-state index >= 15 is 0 Å². The second kappa shape index (κ2) is 4.32. The average Bonchev–Trinajstić information content (AvgIpc) is 2.91. The molecule has 3 aromatic rings. The number of hydrogen-bond donors (Lipinski definition) is 2. The van der Waals surface area contributed by atoms with Crippen molar-refractivity contribution < 1.29 is 18.1 Å². The maximum Gasteiger partial charge on any atom is 0.298 e. The molecular weight excluding hydrogens is 280 g/mol. The van der Waals surface area contributed by atoms with E-state index in [0.29, 0.717) is 10.8 Å². The number of rotatable bonds is 2. The molecule has 0 unspecified atom stereocenters. The zero-order chi connectivity index (χ0) is 14.3. The third-order valence-electron chi connectivity index (χ3n) is 2.98. The molecule has 0 saturated carbocycles. The number of aromatic hydroxyl groups is 1. The van der Waals surface area contributed by atoms with Crippen LogP contribution in [0.25, 0.3) is 16.5 Å². The van der Waals surface area contributed by atoms with Gasteiger partial charge < -0.3 is 5.11 Å². The van der Waals surface area contributed by atoms with E-state index < -0.39 is 20.8 Å². The van der Waals surface area contributed by atoms with Crippen molar-refractivity contribution in [2.75, 3.05) is 0 Å². The predicted octanol–water partition coefficient (Wildman–Crippen LogP) is 1.98. The maximum absolute atomic E-state index is 11.1. The zero-order valence-electron chi connectivity index (χ0n) is 10.1. The van der Waals surface area contributed by atoms with Gasteiger partial charge in [-0.3, -0.25) is 4.55 Å². The molecule has 1 heterocycles. The van der Waals surface area contributed by atoms with Gasteiger partial charge in [-0.15, -0.1) is 0 Å². The fraction of sp³-hybridized carbons (Fsp3) is 0. The molecule has 0 saturated heterocycles. The summed E-state index contributed by atoms with van der Waals surface area (Å²) in [6, 6.07) is 9.50. The van der Waals surface area contributed by atoms with E-state index in [9.17, 15) is 13.5 Å². The highest BCUT2D eigenvalue weighted by molar-refractivity contribution is 7.86. The lowest BCUT2D eigenvalue weighted by molar-refractivity contribution is 0.448. The van der Waals surface area contributed by atoms with E-state index in [4.69, 9.17) is 4.55 Å². The Bertz CT molecular complexity index is 886. The monoisotopic (exact) mass is 290 g/mol. The number of benzene rings is 2. The summed E-state index contributed by atoms with van der Waals surface area (Å²) in [6.07, 6.45) is 3.41. The second-order valence-electron chi connectivity index (χ2n) is 4.24. The van der Waals surface area contributed by atoms with E-state index in [1.807, 2.05) is 0 Å². The van der Waals surface area contributed by atoms with Crippen LogP contribution in [0.3, 0.4) is 0 Å². The van der Waals surface area contributed by atoms with Crippen LogP contribution in [0.4, 0.5) is 0 Å². The Kier molecular flexibility index (Phi) is 2.73. The highest BCUT2D eigenvalue weighted by atomic mass is 32.2. The third-order valence-corrected chi connectivity index (χ3v) is 3.87. The van der Waals surface area contributed by atoms with Crippen LogP contribution in [0.1, 0.15) is 0 Å². The molecule has 0 bridgehead atoms. The molecule has 102 valence electrons. The van der Waals surface area contributed by atoms with Gasteiger partial charge in [0, 0.05) is 17.8 Å². The number of hydrogen-bond acceptors (Lipinski definition) is 4. The predicted molar refractivity (Wildman–Crippen MR) is 72.5 cm³/mol. The molecule has 3 rings (SSSR count). The van der Waals surface area contributed by atoms with Crippen LogP contribution in [0.2, 0.25) is 0 Å². The fourth-order valence-corrected chi connectivity index (χ4v) is 2.65. The molecule has 0 spiro atoms. The molecular formula is C13H10N2O4S. The molecule has 0 amide bonds. The molecule has 0 radical (unpaired) electrons. The first-order chi connectivity index (χ1) is 9.47. The highest BCUT2D eigenvalue weighted by Crippen LogP contribution is 2.32. The molecule has 20 heavy (non-hydrogen) atoms. The summed E-state index contributed by atoms with van der Waals surface area (Å²) in [6.45, 7) is 0. The number of phenols is 1. The quantitative estimate of drug-likeness (QED) is 0.704. The lowest BCUT2D eigenvalue weighted by Gasteiger charge is -2.08. The van der Waals surface area contributed by atoms with Gasteiger partial charge in [-0.25, -0.2) is 4.68 Å². The summed E-state index contributed by atoms with van der Waals surface area (Å²) in [4.78, 5) is -0.503.